The van der Waals surface area contributed by atoms with Crippen LogP contribution < -0.4 is 0 Å². The number of para-hydroxylation sites is 2. The molecule has 0 amide bonds. The van der Waals surface area contributed by atoms with Crippen molar-refractivity contribution in [2.45, 2.75) is 0 Å². The number of aromatic amines is 1. The van der Waals surface area contributed by atoms with Crippen LogP contribution in [-0.4, -0.2) is 15.0 Å². The summed E-state index contributed by atoms with van der Waals surface area (Å²) in [4.78, 5) is 12.0. The largest absolute Gasteiger partial charge is 0.337 e. The molecule has 0 aliphatic rings. The van der Waals surface area contributed by atoms with Crippen molar-refractivity contribution >= 4 is 11.0 Å². The van der Waals surface area contributed by atoms with Gasteiger partial charge >= 0.3 is 0 Å². The fourth-order valence-electron chi connectivity index (χ4n) is 1.58. The Morgan fingerprint density at radius 3 is 2.41 bits per heavy atom. The molecule has 3 aromatic rings. The second-order valence-corrected chi connectivity index (χ2v) is 3.32. The van der Waals surface area contributed by atoms with Crippen LogP contribution in [0.5, 0.6) is 0 Å². The molecule has 1 aromatic carbocycles. The van der Waals surface area contributed by atoms with Crippen LogP contribution in [0.3, 0.4) is 0 Å². The van der Waals surface area contributed by atoms with Crippen LogP contribution in [0, 0.1) is 0 Å². The maximum Gasteiger partial charge on any atom is 0.157 e. The van der Waals surface area contributed by atoms with Crippen LogP contribution >= 0.6 is 0 Å². The Hall–Kier alpha value is -0.978. The van der Waals surface area contributed by atoms with Crippen LogP contribution in [0.25, 0.3) is 22.6 Å². The van der Waals surface area contributed by atoms with Gasteiger partial charge in [-0.05, 0) is 24.3 Å². The van der Waals surface area contributed by atoms with E-state index in [0.717, 1.165) is 22.6 Å². The van der Waals surface area contributed by atoms with Gasteiger partial charge in [-0.2, -0.15) is 0 Å². The molecule has 93 valence electrons. The molecule has 2 heterocycles. The van der Waals surface area contributed by atoms with Gasteiger partial charge in [0.25, 0.3) is 0 Å². The number of aromatic nitrogens is 3. The number of imidazole rings is 1. The third kappa shape index (κ3) is 2.83. The topological polar surface area (TPSA) is 41.6 Å². The summed E-state index contributed by atoms with van der Waals surface area (Å²) >= 11 is 0. The number of pyridine rings is 1. The van der Waals surface area contributed by atoms with E-state index >= 15 is 0 Å². The molecule has 3 rings (SSSR count). The Kier molecular flexibility index (Phi) is 5.05. The van der Waals surface area contributed by atoms with E-state index in [0.29, 0.717) is 0 Å². The Balaban J connectivity index is 0.000000722. The summed E-state index contributed by atoms with van der Waals surface area (Å²) in [6.07, 6.45) is 1.77. The van der Waals surface area contributed by atoms with E-state index in [1.807, 2.05) is 42.5 Å². The van der Waals surface area contributed by atoms with Crippen LogP contribution in [0.4, 0.5) is 0 Å². The number of hydrogen-bond donors (Lipinski definition) is 1. The van der Waals surface area contributed by atoms with Gasteiger partial charge < -0.3 is 4.98 Å². The number of hydrogen-bond acceptors (Lipinski definition) is 2. The Morgan fingerprint density at radius 2 is 1.71 bits per heavy atom. The molecule has 0 saturated heterocycles. The molecule has 1 N–H and O–H groups in total. The molecule has 3 nitrogen and oxygen atoms in total. The SMILES string of the molecule is [Cu].[Pd].c1ccc(-c2nc3ccccc3[nH]2)nc1. The summed E-state index contributed by atoms with van der Waals surface area (Å²) in [5.41, 5.74) is 2.88. The van der Waals surface area contributed by atoms with Crippen LogP contribution in [0.2, 0.25) is 0 Å². The molecule has 5 heteroatoms. The van der Waals surface area contributed by atoms with E-state index in [1.54, 1.807) is 6.20 Å². The molecular formula is C12H9CuN3Pd. The van der Waals surface area contributed by atoms with Gasteiger partial charge in [0.15, 0.2) is 5.82 Å². The van der Waals surface area contributed by atoms with Gasteiger partial charge in [0.2, 0.25) is 0 Å². The molecule has 0 unspecified atom stereocenters. The number of benzene rings is 1. The summed E-state index contributed by atoms with van der Waals surface area (Å²) in [6.45, 7) is 0. The van der Waals surface area contributed by atoms with Gasteiger partial charge in [-0.25, -0.2) is 4.98 Å². The van der Waals surface area contributed by atoms with Gasteiger partial charge in [0, 0.05) is 43.7 Å². The Morgan fingerprint density at radius 1 is 0.941 bits per heavy atom. The van der Waals surface area contributed by atoms with Crippen molar-refractivity contribution in [3.8, 4) is 11.5 Å². The smallest absolute Gasteiger partial charge is 0.157 e. The van der Waals surface area contributed by atoms with Gasteiger partial charge in [0.1, 0.15) is 5.69 Å². The quantitative estimate of drug-likeness (QED) is 0.674. The number of rotatable bonds is 1. The van der Waals surface area contributed by atoms with Crippen molar-refractivity contribution in [2.75, 3.05) is 0 Å². The predicted octanol–water partition coefficient (Wildman–Crippen LogP) is 2.62. The maximum absolute atomic E-state index is 4.46. The van der Waals surface area contributed by atoms with E-state index in [9.17, 15) is 0 Å². The van der Waals surface area contributed by atoms with E-state index in [-0.39, 0.29) is 37.5 Å². The number of fused-ring (bicyclic) bond motifs is 1. The van der Waals surface area contributed by atoms with Crippen LogP contribution in [0.15, 0.2) is 48.7 Å². The zero-order valence-corrected chi connectivity index (χ0v) is 11.1. The minimum absolute atomic E-state index is 0. The molecule has 0 aliphatic carbocycles. The zero-order chi connectivity index (χ0) is 10.1. The van der Waals surface area contributed by atoms with Crippen molar-refractivity contribution in [3.05, 3.63) is 48.7 Å². The van der Waals surface area contributed by atoms with E-state index in [1.165, 1.54) is 0 Å². The van der Waals surface area contributed by atoms with Gasteiger partial charge in [-0.1, -0.05) is 18.2 Å². The predicted molar refractivity (Wildman–Crippen MR) is 59.3 cm³/mol. The van der Waals surface area contributed by atoms with Crippen LogP contribution in [0.1, 0.15) is 0 Å². The maximum atomic E-state index is 4.46. The van der Waals surface area contributed by atoms with Crippen molar-refractivity contribution in [3.63, 3.8) is 0 Å². The summed E-state index contributed by atoms with van der Waals surface area (Å²) in [7, 11) is 0. The number of nitrogens with one attached hydrogen (secondary N) is 1. The van der Waals surface area contributed by atoms with Gasteiger partial charge in [-0.3, -0.25) is 4.98 Å². The van der Waals surface area contributed by atoms with Crippen molar-refractivity contribution in [1.82, 2.24) is 15.0 Å². The van der Waals surface area contributed by atoms with Crippen LogP contribution in [-0.2, 0) is 37.5 Å². The molecule has 0 saturated carbocycles. The second-order valence-electron chi connectivity index (χ2n) is 3.32. The molecular weight excluding hydrogens is 356 g/mol. The first-order chi connectivity index (χ1) is 7.43. The monoisotopic (exact) mass is 364 g/mol. The minimum atomic E-state index is 0. The molecule has 0 fully saturated rings. The fourth-order valence-corrected chi connectivity index (χ4v) is 1.58. The summed E-state index contributed by atoms with van der Waals surface area (Å²) in [5.74, 6) is 0.816. The fraction of sp³-hybridized carbons (Fsp3) is 0. The van der Waals surface area contributed by atoms with Crippen molar-refractivity contribution in [1.29, 1.82) is 0 Å². The van der Waals surface area contributed by atoms with Gasteiger partial charge in [-0.15, -0.1) is 0 Å². The molecule has 1 radical (unpaired) electrons. The minimum Gasteiger partial charge on any atom is -0.337 e. The molecule has 0 atom stereocenters. The second kappa shape index (κ2) is 6.09. The number of H-pyrrole nitrogens is 1. The summed E-state index contributed by atoms with van der Waals surface area (Å²) < 4.78 is 0. The van der Waals surface area contributed by atoms with Crippen molar-refractivity contribution < 1.29 is 37.5 Å². The normalized spacial score (nSPS) is 9.41. The zero-order valence-electron chi connectivity index (χ0n) is 8.63. The first kappa shape index (κ1) is 14.1. The van der Waals surface area contributed by atoms with E-state index in [2.05, 4.69) is 15.0 Å². The molecule has 0 spiro atoms. The third-order valence-corrected chi connectivity index (χ3v) is 2.30. The molecule has 17 heavy (non-hydrogen) atoms. The first-order valence-electron chi connectivity index (χ1n) is 4.80. The number of nitrogens with zero attached hydrogens (tertiary/aromatic N) is 2. The van der Waals surface area contributed by atoms with Crippen molar-refractivity contribution in [2.24, 2.45) is 0 Å². The van der Waals surface area contributed by atoms with Gasteiger partial charge in [0.05, 0.1) is 11.0 Å². The summed E-state index contributed by atoms with van der Waals surface area (Å²) in [5, 5.41) is 0. The molecule has 2 aromatic heterocycles. The molecule has 0 bridgehead atoms. The first-order valence-corrected chi connectivity index (χ1v) is 4.80. The Labute approximate surface area is 123 Å². The van der Waals surface area contributed by atoms with E-state index in [4.69, 9.17) is 0 Å². The average molecular weight is 365 g/mol. The Bertz CT molecular complexity index is 562. The third-order valence-electron chi connectivity index (χ3n) is 2.30. The van der Waals surface area contributed by atoms with E-state index < -0.39 is 0 Å². The average Bonchev–Trinajstić information content (AvgIpc) is 2.74. The standard InChI is InChI=1S/C12H9N3.Cu.Pd/c1-2-6-10-9(5-1)14-12(15-10)11-7-3-4-8-13-11;;/h1-8H,(H,14,15);;. The summed E-state index contributed by atoms with van der Waals surface area (Å²) in [6, 6.07) is 13.8. The molecule has 0 aliphatic heterocycles.